The van der Waals surface area contributed by atoms with Crippen LogP contribution in [0, 0.1) is 19.8 Å². The van der Waals surface area contributed by atoms with E-state index in [1.807, 2.05) is 56.3 Å². The number of esters is 1. The van der Waals surface area contributed by atoms with Gasteiger partial charge in [0.1, 0.15) is 17.4 Å². The number of hydrogen-bond donors (Lipinski definition) is 3. The van der Waals surface area contributed by atoms with Gasteiger partial charge in [0.25, 0.3) is 0 Å². The van der Waals surface area contributed by atoms with Gasteiger partial charge in [0.05, 0.1) is 13.0 Å². The Hall–Kier alpha value is -3.39. The lowest BCUT2D eigenvalue weighted by molar-refractivity contribution is -0.155. The molecule has 2 atom stereocenters. The van der Waals surface area contributed by atoms with Crippen molar-refractivity contribution in [3.8, 4) is 5.75 Å². The van der Waals surface area contributed by atoms with Crippen molar-refractivity contribution < 1.29 is 23.9 Å². The van der Waals surface area contributed by atoms with E-state index in [1.54, 1.807) is 20.8 Å². The molecule has 0 bridgehead atoms. The maximum atomic E-state index is 13.4. The molecule has 1 aliphatic heterocycles. The lowest BCUT2D eigenvalue weighted by Crippen LogP contribution is -2.47. The summed E-state index contributed by atoms with van der Waals surface area (Å²) in [6.07, 6.45) is 4.45. The van der Waals surface area contributed by atoms with Gasteiger partial charge in [-0.1, -0.05) is 30.3 Å². The Morgan fingerprint density at radius 2 is 1.83 bits per heavy atom. The minimum Gasteiger partial charge on any atom is -0.494 e. The summed E-state index contributed by atoms with van der Waals surface area (Å²) >= 11 is 0. The molecule has 0 aromatic heterocycles. The number of carbonyl (C=O) groups is 3. The first kappa shape index (κ1) is 33.1. The average Bonchev–Trinajstić information content (AvgIpc) is 2.95. The number of aryl methyl sites for hydroxylation is 2. The standard InChI is InChI=1S/C34H49N3O5/c1-24-20-29(41-19-17-27-12-9-18-35-22-27)21-28(25(24)2)23-36-33(40)30(14-13-26-10-7-6-8-11-26)37-31(38)15-16-32(39)42-34(3,4)5/h6-8,10-11,20-21,27,30,35H,9,12-19,22-23H2,1-5H3,(H,36,40)(H,37,38). The van der Waals surface area contributed by atoms with Crippen LogP contribution in [-0.4, -0.2) is 49.1 Å². The number of benzene rings is 2. The molecule has 8 heteroatoms. The summed E-state index contributed by atoms with van der Waals surface area (Å²) in [5.74, 6) is 0.402. The maximum Gasteiger partial charge on any atom is 0.306 e. The minimum absolute atomic E-state index is 0.0430. The first-order chi connectivity index (χ1) is 20.0. The second-order valence-electron chi connectivity index (χ2n) is 12.3. The molecule has 1 aliphatic rings. The summed E-state index contributed by atoms with van der Waals surface area (Å²) in [4.78, 5) is 38.2. The highest BCUT2D eigenvalue weighted by Crippen LogP contribution is 2.23. The summed E-state index contributed by atoms with van der Waals surface area (Å²) in [6, 6.07) is 13.2. The molecular formula is C34H49N3O5. The summed E-state index contributed by atoms with van der Waals surface area (Å²) in [6.45, 7) is 12.6. The second-order valence-corrected chi connectivity index (χ2v) is 12.3. The van der Waals surface area contributed by atoms with Gasteiger partial charge in [-0.25, -0.2) is 0 Å². The zero-order valence-corrected chi connectivity index (χ0v) is 26.0. The number of hydrogen-bond acceptors (Lipinski definition) is 6. The molecule has 1 heterocycles. The number of piperidine rings is 1. The van der Waals surface area contributed by atoms with E-state index in [2.05, 4.69) is 16.0 Å². The van der Waals surface area contributed by atoms with E-state index in [4.69, 9.17) is 9.47 Å². The molecule has 3 N–H and O–H groups in total. The topological polar surface area (TPSA) is 106 Å². The van der Waals surface area contributed by atoms with Crippen molar-refractivity contribution in [1.82, 2.24) is 16.0 Å². The number of nitrogens with one attached hydrogen (secondary N) is 3. The fourth-order valence-electron chi connectivity index (χ4n) is 5.08. The Bertz CT molecular complexity index is 1170. The van der Waals surface area contributed by atoms with Crippen LogP contribution in [0.5, 0.6) is 5.75 Å². The molecule has 42 heavy (non-hydrogen) atoms. The third kappa shape index (κ3) is 11.8. The summed E-state index contributed by atoms with van der Waals surface area (Å²) in [7, 11) is 0. The third-order valence-corrected chi connectivity index (χ3v) is 7.59. The highest BCUT2D eigenvalue weighted by atomic mass is 16.6. The summed E-state index contributed by atoms with van der Waals surface area (Å²) in [5.41, 5.74) is 3.65. The third-order valence-electron chi connectivity index (χ3n) is 7.59. The van der Waals surface area contributed by atoms with Crippen LogP contribution < -0.4 is 20.7 Å². The van der Waals surface area contributed by atoms with Crippen molar-refractivity contribution in [2.24, 2.45) is 5.92 Å². The Labute approximate surface area is 251 Å². The van der Waals surface area contributed by atoms with E-state index >= 15 is 0 Å². The first-order valence-electron chi connectivity index (χ1n) is 15.3. The van der Waals surface area contributed by atoms with E-state index < -0.39 is 17.6 Å². The van der Waals surface area contributed by atoms with Gasteiger partial charge in [0, 0.05) is 13.0 Å². The van der Waals surface area contributed by atoms with Crippen molar-refractivity contribution in [2.45, 2.75) is 97.8 Å². The zero-order chi connectivity index (χ0) is 30.5. The van der Waals surface area contributed by atoms with Gasteiger partial charge < -0.3 is 25.4 Å². The molecule has 8 nitrogen and oxygen atoms in total. The van der Waals surface area contributed by atoms with Crippen LogP contribution in [-0.2, 0) is 32.1 Å². The highest BCUT2D eigenvalue weighted by molar-refractivity contribution is 5.88. The molecule has 2 aromatic carbocycles. The van der Waals surface area contributed by atoms with Gasteiger partial charge in [-0.3, -0.25) is 14.4 Å². The van der Waals surface area contributed by atoms with E-state index in [-0.39, 0.29) is 24.7 Å². The van der Waals surface area contributed by atoms with Gasteiger partial charge in [0.15, 0.2) is 0 Å². The molecular weight excluding hydrogens is 530 g/mol. The quantitative estimate of drug-likeness (QED) is 0.274. The monoisotopic (exact) mass is 579 g/mol. The van der Waals surface area contributed by atoms with E-state index in [9.17, 15) is 14.4 Å². The van der Waals surface area contributed by atoms with E-state index in [0.717, 1.165) is 47.5 Å². The summed E-state index contributed by atoms with van der Waals surface area (Å²) < 4.78 is 11.4. The normalized spacial score (nSPS) is 15.9. The van der Waals surface area contributed by atoms with E-state index in [1.165, 1.54) is 12.8 Å². The maximum absolute atomic E-state index is 13.4. The number of carbonyl (C=O) groups excluding carboxylic acids is 3. The second kappa shape index (κ2) is 16.3. The zero-order valence-electron chi connectivity index (χ0n) is 26.0. The SMILES string of the molecule is Cc1cc(OCCC2CCCNC2)cc(CNC(=O)C(CCc2ccccc2)NC(=O)CCC(=O)OC(C)(C)C)c1C. The molecule has 2 amide bonds. The molecule has 0 saturated carbocycles. The van der Waals surface area contributed by atoms with Crippen molar-refractivity contribution in [3.05, 3.63) is 64.7 Å². The molecule has 2 unspecified atom stereocenters. The Balaban J connectivity index is 1.59. The molecule has 1 saturated heterocycles. The number of ether oxygens (including phenoxy) is 2. The van der Waals surface area contributed by atoms with Gasteiger partial charge in [-0.15, -0.1) is 0 Å². The number of rotatable bonds is 14. The van der Waals surface area contributed by atoms with Crippen molar-refractivity contribution >= 4 is 17.8 Å². The van der Waals surface area contributed by atoms with Crippen LogP contribution >= 0.6 is 0 Å². The first-order valence-corrected chi connectivity index (χ1v) is 15.3. The highest BCUT2D eigenvalue weighted by Gasteiger charge is 2.23. The molecule has 0 spiro atoms. The molecule has 230 valence electrons. The van der Waals surface area contributed by atoms with E-state index in [0.29, 0.717) is 31.9 Å². The minimum atomic E-state index is -0.735. The van der Waals surface area contributed by atoms with Crippen LogP contribution in [0.4, 0.5) is 0 Å². The van der Waals surface area contributed by atoms with Crippen LogP contribution in [0.25, 0.3) is 0 Å². The molecule has 0 radical (unpaired) electrons. The van der Waals surface area contributed by atoms with Gasteiger partial charge in [-0.2, -0.15) is 0 Å². The van der Waals surface area contributed by atoms with Crippen molar-refractivity contribution in [3.63, 3.8) is 0 Å². The van der Waals surface area contributed by atoms with Crippen LogP contribution in [0.3, 0.4) is 0 Å². The summed E-state index contributed by atoms with van der Waals surface area (Å²) in [5, 5.41) is 9.33. The van der Waals surface area contributed by atoms with Gasteiger partial charge >= 0.3 is 5.97 Å². The van der Waals surface area contributed by atoms with Crippen LogP contribution in [0.1, 0.15) is 81.5 Å². The van der Waals surface area contributed by atoms with Gasteiger partial charge in [-0.05, 0) is 120 Å². The molecule has 1 fully saturated rings. The Morgan fingerprint density at radius 3 is 2.52 bits per heavy atom. The lowest BCUT2D eigenvalue weighted by Gasteiger charge is -2.23. The largest absolute Gasteiger partial charge is 0.494 e. The Morgan fingerprint density at radius 1 is 1.07 bits per heavy atom. The Kier molecular flexibility index (Phi) is 12.9. The predicted octanol–water partition coefficient (Wildman–Crippen LogP) is 4.93. The van der Waals surface area contributed by atoms with Crippen molar-refractivity contribution in [2.75, 3.05) is 19.7 Å². The molecule has 3 rings (SSSR count). The lowest BCUT2D eigenvalue weighted by atomic mass is 9.97. The molecule has 0 aliphatic carbocycles. The fraction of sp³-hybridized carbons (Fsp3) is 0.559. The predicted molar refractivity (Wildman–Crippen MR) is 165 cm³/mol. The van der Waals surface area contributed by atoms with Gasteiger partial charge in [0.2, 0.25) is 11.8 Å². The number of amides is 2. The van der Waals surface area contributed by atoms with Crippen LogP contribution in [0.2, 0.25) is 0 Å². The molecule has 2 aromatic rings. The fourth-order valence-corrected chi connectivity index (χ4v) is 5.08. The average molecular weight is 580 g/mol. The smallest absolute Gasteiger partial charge is 0.306 e. The van der Waals surface area contributed by atoms with Crippen LogP contribution in [0.15, 0.2) is 42.5 Å². The van der Waals surface area contributed by atoms with Crippen molar-refractivity contribution in [1.29, 1.82) is 0 Å².